The smallest absolute Gasteiger partial charge is 0.129 e. The van der Waals surface area contributed by atoms with E-state index in [2.05, 4.69) is 23.3 Å². The molecule has 0 amide bonds. The minimum absolute atomic E-state index is 0.120. The maximum atomic E-state index is 14.2. The largest absolute Gasteiger partial charge is 0.329 e. The topological polar surface area (TPSA) is 29.3 Å². The molecular formula is C16H18ClFN2S. The first-order valence-corrected chi connectivity index (χ1v) is 8.34. The lowest BCUT2D eigenvalue weighted by molar-refractivity contribution is 0.136. The molecule has 0 radical (unpaired) electrons. The van der Waals surface area contributed by atoms with Gasteiger partial charge >= 0.3 is 0 Å². The van der Waals surface area contributed by atoms with E-state index in [9.17, 15) is 4.39 Å². The number of fused-ring (bicyclic) bond motifs is 1. The summed E-state index contributed by atoms with van der Waals surface area (Å²) in [5.74, 6) is -0.277. The molecule has 3 rings (SSSR count). The van der Waals surface area contributed by atoms with Crippen LogP contribution in [0.4, 0.5) is 4.39 Å². The van der Waals surface area contributed by atoms with Gasteiger partial charge in [-0.3, -0.25) is 4.90 Å². The highest BCUT2D eigenvalue weighted by Crippen LogP contribution is 2.38. The first-order chi connectivity index (χ1) is 10.1. The van der Waals surface area contributed by atoms with Crippen LogP contribution in [0.15, 0.2) is 29.6 Å². The summed E-state index contributed by atoms with van der Waals surface area (Å²) in [4.78, 5) is 3.73. The Bertz CT molecular complexity index is 643. The molecule has 0 saturated carbocycles. The third kappa shape index (κ3) is 2.73. The molecule has 0 fully saturated rings. The van der Waals surface area contributed by atoms with Crippen molar-refractivity contribution in [2.75, 3.05) is 13.1 Å². The molecule has 1 aromatic carbocycles. The van der Waals surface area contributed by atoms with Crippen molar-refractivity contribution >= 4 is 22.9 Å². The summed E-state index contributed by atoms with van der Waals surface area (Å²) in [6, 6.07) is 7.15. The third-order valence-electron chi connectivity index (χ3n) is 4.27. The van der Waals surface area contributed by atoms with Gasteiger partial charge in [0.1, 0.15) is 5.82 Å². The van der Waals surface area contributed by atoms with Crippen molar-refractivity contribution < 1.29 is 4.39 Å². The maximum Gasteiger partial charge on any atom is 0.129 e. The molecule has 1 aromatic heterocycles. The van der Waals surface area contributed by atoms with Crippen LogP contribution in [0.1, 0.15) is 35.0 Å². The first-order valence-electron chi connectivity index (χ1n) is 7.09. The van der Waals surface area contributed by atoms with E-state index in [1.807, 2.05) is 0 Å². The van der Waals surface area contributed by atoms with Gasteiger partial charge in [0, 0.05) is 34.6 Å². The van der Waals surface area contributed by atoms with Gasteiger partial charge in [0.2, 0.25) is 0 Å². The summed E-state index contributed by atoms with van der Waals surface area (Å²) in [6.07, 6.45) is 1.00. The van der Waals surface area contributed by atoms with Gasteiger partial charge in [-0.1, -0.05) is 17.7 Å². The van der Waals surface area contributed by atoms with Crippen molar-refractivity contribution in [2.45, 2.75) is 25.4 Å². The predicted molar refractivity (Wildman–Crippen MR) is 86.3 cm³/mol. The fraction of sp³-hybridized carbons (Fsp3) is 0.375. The lowest BCUT2D eigenvalue weighted by atomic mass is 9.96. The number of halogens is 2. The fourth-order valence-corrected chi connectivity index (χ4v) is 4.29. The normalized spacial score (nSPS) is 20.3. The molecule has 1 aliphatic rings. The molecule has 112 valence electrons. The zero-order valence-corrected chi connectivity index (χ0v) is 13.4. The summed E-state index contributed by atoms with van der Waals surface area (Å²) < 4.78 is 14.2. The Morgan fingerprint density at radius 1 is 1.48 bits per heavy atom. The second kappa shape index (κ2) is 6.05. The molecule has 0 saturated heterocycles. The Morgan fingerprint density at radius 2 is 2.29 bits per heavy atom. The molecule has 0 aliphatic carbocycles. The van der Waals surface area contributed by atoms with Crippen molar-refractivity contribution in [3.63, 3.8) is 0 Å². The van der Waals surface area contributed by atoms with E-state index in [0.717, 1.165) is 13.0 Å². The predicted octanol–water partition coefficient (Wildman–Crippen LogP) is 4.16. The minimum atomic E-state index is -0.277. The zero-order valence-electron chi connectivity index (χ0n) is 11.9. The van der Waals surface area contributed by atoms with Crippen LogP contribution in [0.5, 0.6) is 0 Å². The molecule has 0 bridgehead atoms. The van der Waals surface area contributed by atoms with Crippen molar-refractivity contribution in [3.8, 4) is 0 Å². The second-order valence-corrected chi connectivity index (χ2v) is 6.82. The van der Waals surface area contributed by atoms with Gasteiger partial charge in [0.05, 0.1) is 6.04 Å². The Balaban J connectivity index is 1.94. The first kappa shape index (κ1) is 15.0. The monoisotopic (exact) mass is 324 g/mol. The molecule has 2 nitrogen and oxygen atoms in total. The lowest BCUT2D eigenvalue weighted by Gasteiger charge is -2.39. The van der Waals surface area contributed by atoms with E-state index in [1.165, 1.54) is 16.5 Å². The second-order valence-electron chi connectivity index (χ2n) is 5.38. The van der Waals surface area contributed by atoms with Crippen LogP contribution in [0.2, 0.25) is 5.02 Å². The van der Waals surface area contributed by atoms with Crippen molar-refractivity contribution in [3.05, 3.63) is 56.5 Å². The zero-order chi connectivity index (χ0) is 15.0. The van der Waals surface area contributed by atoms with E-state index in [0.29, 0.717) is 17.1 Å². The average Bonchev–Trinajstić information content (AvgIpc) is 2.93. The number of hydrogen-bond acceptors (Lipinski definition) is 3. The van der Waals surface area contributed by atoms with E-state index in [1.54, 1.807) is 23.5 Å². The standard InChI is InChI=1S/C16H18ClFN2S/c1-10-12-5-7-21-16(12)4-6-20(10)15(9-19)13-3-2-11(17)8-14(13)18/h2-3,5,7-8,10,15H,4,6,9,19H2,1H3. The van der Waals surface area contributed by atoms with Gasteiger partial charge in [-0.25, -0.2) is 4.39 Å². The van der Waals surface area contributed by atoms with Gasteiger partial charge in [-0.2, -0.15) is 0 Å². The van der Waals surface area contributed by atoms with E-state index < -0.39 is 0 Å². The van der Waals surface area contributed by atoms with Crippen LogP contribution in [0.25, 0.3) is 0 Å². The van der Waals surface area contributed by atoms with Crippen molar-refractivity contribution in [2.24, 2.45) is 5.73 Å². The molecule has 2 heterocycles. The summed E-state index contributed by atoms with van der Waals surface area (Å²) in [5.41, 5.74) is 7.94. The SMILES string of the molecule is CC1c2ccsc2CCN1C(CN)c1ccc(Cl)cc1F. The molecule has 2 aromatic rings. The number of rotatable bonds is 3. The van der Waals surface area contributed by atoms with Crippen molar-refractivity contribution in [1.82, 2.24) is 4.90 Å². The van der Waals surface area contributed by atoms with Crippen molar-refractivity contribution in [1.29, 1.82) is 0 Å². The highest BCUT2D eigenvalue weighted by Gasteiger charge is 2.31. The van der Waals surface area contributed by atoms with Gasteiger partial charge in [-0.15, -0.1) is 11.3 Å². The van der Waals surface area contributed by atoms with E-state index in [4.69, 9.17) is 17.3 Å². The average molecular weight is 325 g/mol. The molecule has 2 N–H and O–H groups in total. The summed E-state index contributed by atoms with van der Waals surface area (Å²) in [6.45, 7) is 3.46. The molecular weight excluding hydrogens is 307 g/mol. The Hall–Kier alpha value is -0.940. The molecule has 0 spiro atoms. The van der Waals surface area contributed by atoms with Gasteiger partial charge in [-0.05, 0) is 42.5 Å². The van der Waals surface area contributed by atoms with Crippen LogP contribution in [0, 0.1) is 5.82 Å². The third-order valence-corrected chi connectivity index (χ3v) is 5.50. The number of hydrogen-bond donors (Lipinski definition) is 1. The molecule has 21 heavy (non-hydrogen) atoms. The van der Waals surface area contributed by atoms with E-state index in [-0.39, 0.29) is 17.9 Å². The summed E-state index contributed by atoms with van der Waals surface area (Å²) in [7, 11) is 0. The lowest BCUT2D eigenvalue weighted by Crippen LogP contribution is -2.40. The number of nitrogens with two attached hydrogens (primary N) is 1. The maximum absolute atomic E-state index is 14.2. The highest BCUT2D eigenvalue weighted by molar-refractivity contribution is 7.10. The Labute approximate surface area is 133 Å². The number of nitrogens with zero attached hydrogens (tertiary/aromatic N) is 1. The number of benzene rings is 1. The van der Waals surface area contributed by atoms with Crippen LogP contribution in [-0.2, 0) is 6.42 Å². The minimum Gasteiger partial charge on any atom is -0.329 e. The van der Waals surface area contributed by atoms with Crippen LogP contribution in [0.3, 0.4) is 0 Å². The fourth-order valence-electron chi connectivity index (χ4n) is 3.17. The summed E-state index contributed by atoms with van der Waals surface area (Å²) in [5, 5.41) is 2.55. The highest BCUT2D eigenvalue weighted by atomic mass is 35.5. The molecule has 2 atom stereocenters. The van der Waals surface area contributed by atoms with Crippen LogP contribution < -0.4 is 5.73 Å². The molecule has 2 unspecified atom stereocenters. The quantitative estimate of drug-likeness (QED) is 0.918. The van der Waals surface area contributed by atoms with Crippen LogP contribution >= 0.6 is 22.9 Å². The number of thiophene rings is 1. The molecule has 5 heteroatoms. The van der Waals surface area contributed by atoms with Gasteiger partial charge < -0.3 is 5.73 Å². The summed E-state index contributed by atoms with van der Waals surface area (Å²) >= 11 is 7.65. The molecule has 1 aliphatic heterocycles. The van der Waals surface area contributed by atoms with Crippen LogP contribution in [-0.4, -0.2) is 18.0 Å². The Kier molecular flexibility index (Phi) is 4.31. The Morgan fingerprint density at radius 3 is 3.00 bits per heavy atom. The van der Waals surface area contributed by atoms with E-state index >= 15 is 0 Å². The van der Waals surface area contributed by atoms with Gasteiger partial charge in [0.15, 0.2) is 0 Å². The van der Waals surface area contributed by atoms with Gasteiger partial charge in [0.25, 0.3) is 0 Å².